The van der Waals surface area contributed by atoms with Gasteiger partial charge in [0.2, 0.25) is 0 Å². The second-order valence-corrected chi connectivity index (χ2v) is 9.45. The number of rotatable bonds is 4. The maximum absolute atomic E-state index is 12.6. The van der Waals surface area contributed by atoms with Crippen molar-refractivity contribution in [2.75, 3.05) is 36.4 Å². The topological polar surface area (TPSA) is 101 Å². The van der Waals surface area contributed by atoms with Gasteiger partial charge in [-0.3, -0.25) is 9.78 Å². The van der Waals surface area contributed by atoms with Crippen LogP contribution in [0.4, 0.5) is 16.3 Å². The van der Waals surface area contributed by atoms with Crippen molar-refractivity contribution in [3.8, 4) is 10.6 Å². The Morgan fingerprint density at radius 3 is 2.52 bits per heavy atom. The van der Waals surface area contributed by atoms with Crippen LogP contribution in [0.1, 0.15) is 31.3 Å². The molecule has 0 aromatic carbocycles. The number of amides is 2. The van der Waals surface area contributed by atoms with Crippen LogP contribution in [0, 0.1) is 0 Å². The van der Waals surface area contributed by atoms with Crippen LogP contribution in [0.15, 0.2) is 48.2 Å². The number of piperazine rings is 1. The average Bonchev–Trinajstić information content (AvgIpc) is 3.30. The number of hydrogen-bond acceptors (Lipinski definition) is 8. The summed E-state index contributed by atoms with van der Waals surface area (Å²) in [5.41, 5.74) is 1.31. The maximum atomic E-state index is 12.6. The summed E-state index contributed by atoms with van der Waals surface area (Å²) in [5, 5.41) is 5.30. The first kappa shape index (κ1) is 22.7. The van der Waals surface area contributed by atoms with Crippen LogP contribution in [0.3, 0.4) is 0 Å². The Morgan fingerprint density at radius 1 is 1.09 bits per heavy atom. The van der Waals surface area contributed by atoms with E-state index < -0.39 is 5.60 Å². The van der Waals surface area contributed by atoms with Gasteiger partial charge in [-0.25, -0.2) is 14.8 Å². The minimum absolute atomic E-state index is 0.290. The molecule has 1 saturated heterocycles. The van der Waals surface area contributed by atoms with E-state index >= 15 is 0 Å². The Balaban J connectivity index is 1.31. The fourth-order valence-corrected chi connectivity index (χ4v) is 4.08. The number of carbonyl (C=O) groups excluding carboxylic acids is 2. The van der Waals surface area contributed by atoms with Gasteiger partial charge in [-0.05, 0) is 45.0 Å². The molecule has 0 bridgehead atoms. The molecule has 1 N–H and O–H groups in total. The van der Waals surface area contributed by atoms with E-state index in [-0.39, 0.29) is 12.0 Å². The molecule has 0 spiro atoms. The zero-order valence-corrected chi connectivity index (χ0v) is 19.6. The van der Waals surface area contributed by atoms with Crippen molar-refractivity contribution in [3.63, 3.8) is 0 Å². The van der Waals surface area contributed by atoms with Gasteiger partial charge in [0.25, 0.3) is 5.91 Å². The molecular weight excluding hydrogens is 440 g/mol. The monoisotopic (exact) mass is 466 g/mol. The van der Waals surface area contributed by atoms with Crippen LogP contribution in [0.25, 0.3) is 10.6 Å². The predicted molar refractivity (Wildman–Crippen MR) is 128 cm³/mol. The first-order chi connectivity index (χ1) is 15.8. The van der Waals surface area contributed by atoms with Gasteiger partial charge in [0.15, 0.2) is 0 Å². The number of anilines is 2. The van der Waals surface area contributed by atoms with Crippen molar-refractivity contribution in [1.29, 1.82) is 0 Å². The lowest BCUT2D eigenvalue weighted by atomic mass is 10.2. The summed E-state index contributed by atoms with van der Waals surface area (Å²) in [6, 6.07) is 7.42. The normalized spacial score (nSPS) is 14.2. The van der Waals surface area contributed by atoms with Crippen LogP contribution in [-0.4, -0.2) is 63.6 Å². The van der Waals surface area contributed by atoms with Gasteiger partial charge in [0.1, 0.15) is 22.1 Å². The second-order valence-electron chi connectivity index (χ2n) is 8.59. The van der Waals surface area contributed by atoms with Gasteiger partial charge in [0.05, 0.1) is 11.9 Å². The van der Waals surface area contributed by atoms with E-state index in [0.717, 1.165) is 16.4 Å². The highest BCUT2D eigenvalue weighted by atomic mass is 32.1. The van der Waals surface area contributed by atoms with E-state index in [1.54, 1.807) is 28.9 Å². The molecular formula is C23H26N6O3S. The second kappa shape index (κ2) is 9.53. The van der Waals surface area contributed by atoms with E-state index in [1.807, 2.05) is 45.0 Å². The summed E-state index contributed by atoms with van der Waals surface area (Å²) >= 11 is 1.40. The fraction of sp³-hybridized carbons (Fsp3) is 0.348. The molecule has 1 aliphatic heterocycles. The zero-order valence-electron chi connectivity index (χ0n) is 18.8. The molecule has 3 aromatic heterocycles. The van der Waals surface area contributed by atoms with E-state index in [1.165, 1.54) is 11.3 Å². The summed E-state index contributed by atoms with van der Waals surface area (Å²) in [6.07, 6.45) is 4.75. The molecule has 0 saturated carbocycles. The lowest BCUT2D eigenvalue weighted by Gasteiger charge is -2.36. The van der Waals surface area contributed by atoms with E-state index in [4.69, 9.17) is 4.74 Å². The average molecular weight is 467 g/mol. The number of hydrogen-bond donors (Lipinski definition) is 1. The largest absolute Gasteiger partial charge is 0.444 e. The van der Waals surface area contributed by atoms with E-state index in [9.17, 15) is 9.59 Å². The Hall–Kier alpha value is -3.53. The number of pyridine rings is 2. The maximum Gasteiger partial charge on any atom is 0.410 e. The van der Waals surface area contributed by atoms with Crippen molar-refractivity contribution >= 4 is 34.8 Å². The number of carbonyl (C=O) groups is 2. The fourth-order valence-electron chi connectivity index (χ4n) is 3.29. The Kier molecular flexibility index (Phi) is 6.55. The lowest BCUT2D eigenvalue weighted by Crippen LogP contribution is -2.50. The highest BCUT2D eigenvalue weighted by molar-refractivity contribution is 7.13. The Labute approximate surface area is 196 Å². The molecule has 1 fully saturated rings. The summed E-state index contributed by atoms with van der Waals surface area (Å²) < 4.78 is 5.44. The number of ether oxygens (including phenoxy) is 1. The molecule has 0 radical (unpaired) electrons. The SMILES string of the molecule is CC(C)(C)OC(=O)N1CCN(c2ccc(NC(=O)c3csc(-c4cccnc4)n3)cn2)CC1. The molecule has 1 aliphatic rings. The number of thiazole rings is 1. The van der Waals surface area contributed by atoms with Crippen molar-refractivity contribution in [2.45, 2.75) is 26.4 Å². The highest BCUT2D eigenvalue weighted by Gasteiger charge is 2.26. The molecule has 9 nitrogen and oxygen atoms in total. The first-order valence-corrected chi connectivity index (χ1v) is 11.5. The zero-order chi connectivity index (χ0) is 23.4. The van der Waals surface area contributed by atoms with Gasteiger partial charge in [-0.2, -0.15) is 0 Å². The summed E-state index contributed by atoms with van der Waals surface area (Å²) in [4.78, 5) is 41.6. The molecule has 172 valence electrons. The third-order valence-corrected chi connectivity index (χ3v) is 5.80. The van der Waals surface area contributed by atoms with Crippen LogP contribution in [0.5, 0.6) is 0 Å². The first-order valence-electron chi connectivity index (χ1n) is 10.6. The van der Waals surface area contributed by atoms with E-state index in [0.29, 0.717) is 37.6 Å². The molecule has 10 heteroatoms. The minimum Gasteiger partial charge on any atom is -0.444 e. The summed E-state index contributed by atoms with van der Waals surface area (Å²) in [6.45, 7) is 8.04. The molecule has 0 unspecified atom stereocenters. The predicted octanol–water partition coefficient (Wildman–Crippen LogP) is 3.91. The van der Waals surface area contributed by atoms with Crippen molar-refractivity contribution in [2.24, 2.45) is 0 Å². The molecule has 0 aliphatic carbocycles. The Morgan fingerprint density at radius 2 is 1.88 bits per heavy atom. The van der Waals surface area contributed by atoms with Crippen LogP contribution in [0.2, 0.25) is 0 Å². The minimum atomic E-state index is -0.505. The van der Waals surface area contributed by atoms with Gasteiger partial charge < -0.3 is 19.9 Å². The molecule has 4 rings (SSSR count). The molecule has 33 heavy (non-hydrogen) atoms. The molecule has 4 heterocycles. The van der Waals surface area contributed by atoms with Gasteiger partial charge in [-0.1, -0.05) is 0 Å². The quantitative estimate of drug-likeness (QED) is 0.622. The summed E-state index contributed by atoms with van der Waals surface area (Å²) in [5.74, 6) is 0.506. The van der Waals surface area contributed by atoms with E-state index in [2.05, 4.69) is 25.2 Å². The molecule has 3 aromatic rings. The van der Waals surface area contributed by atoms with Gasteiger partial charge >= 0.3 is 6.09 Å². The van der Waals surface area contributed by atoms with Crippen LogP contribution < -0.4 is 10.2 Å². The van der Waals surface area contributed by atoms with Crippen molar-refractivity contribution in [1.82, 2.24) is 19.9 Å². The van der Waals surface area contributed by atoms with Crippen molar-refractivity contribution < 1.29 is 14.3 Å². The van der Waals surface area contributed by atoms with Gasteiger partial charge in [-0.15, -0.1) is 11.3 Å². The summed E-state index contributed by atoms with van der Waals surface area (Å²) in [7, 11) is 0. The Bertz CT molecular complexity index is 1100. The molecule has 2 amide bonds. The highest BCUT2D eigenvalue weighted by Crippen LogP contribution is 2.23. The third kappa shape index (κ3) is 5.83. The van der Waals surface area contributed by atoms with Crippen LogP contribution >= 0.6 is 11.3 Å². The third-order valence-electron chi connectivity index (χ3n) is 4.91. The number of nitrogens with zero attached hydrogens (tertiary/aromatic N) is 5. The number of aromatic nitrogens is 3. The van der Waals surface area contributed by atoms with Crippen molar-refractivity contribution in [3.05, 3.63) is 53.9 Å². The van der Waals surface area contributed by atoms with Gasteiger partial charge in [0, 0.05) is 49.5 Å². The smallest absolute Gasteiger partial charge is 0.410 e. The number of nitrogens with one attached hydrogen (secondary N) is 1. The standard InChI is InChI=1S/C23H26N6O3S/c1-23(2,3)32-22(31)29-11-9-28(10-12-29)19-7-6-17(14-25-19)26-20(30)18-15-33-21(27-18)16-5-4-8-24-13-16/h4-8,13-15H,9-12H2,1-3H3,(H,26,30). The lowest BCUT2D eigenvalue weighted by molar-refractivity contribution is 0.0240. The molecule has 0 atom stereocenters. The van der Waals surface area contributed by atoms with Crippen LogP contribution in [-0.2, 0) is 4.74 Å².